The maximum absolute atomic E-state index is 9.88. The summed E-state index contributed by atoms with van der Waals surface area (Å²) in [5, 5.41) is 9.88. The van der Waals surface area contributed by atoms with Gasteiger partial charge in [-0.2, -0.15) is 0 Å². The summed E-state index contributed by atoms with van der Waals surface area (Å²) in [7, 11) is 0. The first kappa shape index (κ1) is 10.7. The fourth-order valence-electron chi connectivity index (χ4n) is 1.92. The van der Waals surface area contributed by atoms with Gasteiger partial charge in [-0.15, -0.1) is 6.58 Å². The van der Waals surface area contributed by atoms with Crippen molar-refractivity contribution in [2.24, 2.45) is 0 Å². The standard InChI is InChI=1S/C11H21NO/c1-4-6-11(13)8-12(9-11)7-5-10(2)3/h13H,2,4-9H2,1,3H3. The van der Waals surface area contributed by atoms with Crippen LogP contribution in [-0.4, -0.2) is 35.2 Å². The molecule has 0 unspecified atom stereocenters. The highest BCUT2D eigenvalue weighted by Crippen LogP contribution is 2.25. The Morgan fingerprint density at radius 1 is 1.54 bits per heavy atom. The molecule has 0 saturated carbocycles. The van der Waals surface area contributed by atoms with Gasteiger partial charge in [0, 0.05) is 19.6 Å². The zero-order valence-corrected chi connectivity index (χ0v) is 8.84. The first-order valence-electron chi connectivity index (χ1n) is 5.15. The molecule has 1 saturated heterocycles. The van der Waals surface area contributed by atoms with E-state index in [1.807, 2.05) is 0 Å². The topological polar surface area (TPSA) is 23.5 Å². The molecule has 0 aromatic carbocycles. The van der Waals surface area contributed by atoms with Crippen molar-refractivity contribution in [1.82, 2.24) is 4.90 Å². The Morgan fingerprint density at radius 3 is 2.62 bits per heavy atom. The van der Waals surface area contributed by atoms with Gasteiger partial charge in [-0.3, -0.25) is 4.90 Å². The van der Waals surface area contributed by atoms with Gasteiger partial charge in [0.1, 0.15) is 0 Å². The molecule has 1 rings (SSSR count). The van der Waals surface area contributed by atoms with Gasteiger partial charge < -0.3 is 5.11 Å². The molecule has 2 heteroatoms. The molecule has 0 aliphatic carbocycles. The molecule has 0 amide bonds. The van der Waals surface area contributed by atoms with Crippen LogP contribution in [0.2, 0.25) is 0 Å². The van der Waals surface area contributed by atoms with Crippen molar-refractivity contribution in [2.45, 2.75) is 38.7 Å². The number of rotatable bonds is 5. The smallest absolute Gasteiger partial charge is 0.0900 e. The van der Waals surface area contributed by atoms with Crippen LogP contribution in [0.5, 0.6) is 0 Å². The molecule has 0 spiro atoms. The van der Waals surface area contributed by atoms with E-state index >= 15 is 0 Å². The van der Waals surface area contributed by atoms with Crippen LogP contribution in [0.15, 0.2) is 12.2 Å². The second kappa shape index (κ2) is 4.25. The van der Waals surface area contributed by atoms with Gasteiger partial charge in [-0.05, 0) is 19.8 Å². The molecule has 13 heavy (non-hydrogen) atoms. The summed E-state index contributed by atoms with van der Waals surface area (Å²) >= 11 is 0. The minimum Gasteiger partial charge on any atom is -0.387 e. The van der Waals surface area contributed by atoms with Gasteiger partial charge >= 0.3 is 0 Å². The number of hydrogen-bond donors (Lipinski definition) is 1. The fourth-order valence-corrected chi connectivity index (χ4v) is 1.92. The van der Waals surface area contributed by atoms with Crippen LogP contribution in [0, 0.1) is 0 Å². The Morgan fingerprint density at radius 2 is 2.15 bits per heavy atom. The molecule has 0 atom stereocenters. The van der Waals surface area contributed by atoms with Crippen molar-refractivity contribution in [2.75, 3.05) is 19.6 Å². The molecule has 1 N–H and O–H groups in total. The van der Waals surface area contributed by atoms with Gasteiger partial charge in [0.05, 0.1) is 5.60 Å². The molecule has 0 aromatic heterocycles. The zero-order chi connectivity index (χ0) is 9.90. The molecule has 0 bridgehead atoms. The summed E-state index contributed by atoms with van der Waals surface area (Å²) in [6.07, 6.45) is 3.07. The minimum absolute atomic E-state index is 0.371. The summed E-state index contributed by atoms with van der Waals surface area (Å²) in [6.45, 7) is 10.8. The van der Waals surface area contributed by atoms with Crippen molar-refractivity contribution >= 4 is 0 Å². The predicted molar refractivity (Wildman–Crippen MR) is 55.7 cm³/mol. The summed E-state index contributed by atoms with van der Waals surface area (Å²) in [5.41, 5.74) is 0.857. The zero-order valence-electron chi connectivity index (χ0n) is 8.84. The molecule has 1 aliphatic heterocycles. The van der Waals surface area contributed by atoms with Gasteiger partial charge in [0.25, 0.3) is 0 Å². The Kier molecular flexibility index (Phi) is 3.51. The predicted octanol–water partition coefficient (Wildman–Crippen LogP) is 1.80. The lowest BCUT2D eigenvalue weighted by Crippen LogP contribution is -2.61. The van der Waals surface area contributed by atoms with Crippen molar-refractivity contribution in [3.63, 3.8) is 0 Å². The van der Waals surface area contributed by atoms with Gasteiger partial charge in [-0.25, -0.2) is 0 Å². The monoisotopic (exact) mass is 183 g/mol. The number of hydrogen-bond acceptors (Lipinski definition) is 2. The van der Waals surface area contributed by atoms with Crippen LogP contribution >= 0.6 is 0 Å². The van der Waals surface area contributed by atoms with Crippen molar-refractivity contribution < 1.29 is 5.11 Å². The molecular formula is C11H21NO. The maximum atomic E-state index is 9.88. The van der Waals surface area contributed by atoms with E-state index in [4.69, 9.17) is 0 Å². The van der Waals surface area contributed by atoms with Crippen molar-refractivity contribution in [3.8, 4) is 0 Å². The quantitative estimate of drug-likeness (QED) is 0.657. The lowest BCUT2D eigenvalue weighted by molar-refractivity contribution is -0.102. The number of nitrogens with zero attached hydrogens (tertiary/aromatic N) is 1. The third-order valence-electron chi connectivity index (χ3n) is 2.61. The molecule has 0 aromatic rings. The molecule has 1 fully saturated rings. The normalized spacial score (nSPS) is 21.2. The molecule has 0 radical (unpaired) electrons. The van der Waals surface area contributed by atoms with E-state index in [1.165, 1.54) is 5.57 Å². The van der Waals surface area contributed by atoms with Gasteiger partial charge in [-0.1, -0.05) is 18.9 Å². The fraction of sp³-hybridized carbons (Fsp3) is 0.818. The molecular weight excluding hydrogens is 162 g/mol. The lowest BCUT2D eigenvalue weighted by atomic mass is 9.89. The largest absolute Gasteiger partial charge is 0.387 e. The van der Waals surface area contributed by atoms with Crippen molar-refractivity contribution in [1.29, 1.82) is 0 Å². The van der Waals surface area contributed by atoms with E-state index in [-0.39, 0.29) is 5.60 Å². The van der Waals surface area contributed by atoms with Crippen LogP contribution in [0.3, 0.4) is 0 Å². The number of β-amino-alcohol motifs (C(OH)–C–C–N with tert-alkyl or cyclic N) is 1. The van der Waals surface area contributed by atoms with Crippen LogP contribution in [-0.2, 0) is 0 Å². The van der Waals surface area contributed by atoms with Crippen molar-refractivity contribution in [3.05, 3.63) is 12.2 Å². The third kappa shape index (κ3) is 3.12. The second-order valence-electron chi connectivity index (χ2n) is 4.39. The Balaban J connectivity index is 2.13. The minimum atomic E-state index is -0.371. The second-order valence-corrected chi connectivity index (χ2v) is 4.39. The average Bonchev–Trinajstić information content (AvgIpc) is 1.97. The van der Waals surface area contributed by atoms with E-state index in [0.717, 1.165) is 38.9 Å². The van der Waals surface area contributed by atoms with Crippen LogP contribution in [0.4, 0.5) is 0 Å². The molecule has 1 heterocycles. The maximum Gasteiger partial charge on any atom is 0.0900 e. The number of likely N-dealkylation sites (tertiary alicyclic amines) is 1. The molecule has 2 nitrogen and oxygen atoms in total. The molecule has 1 aliphatic rings. The van der Waals surface area contributed by atoms with Crippen LogP contribution < -0.4 is 0 Å². The first-order valence-corrected chi connectivity index (χ1v) is 5.15. The summed E-state index contributed by atoms with van der Waals surface area (Å²) in [5.74, 6) is 0. The summed E-state index contributed by atoms with van der Waals surface area (Å²) in [4.78, 5) is 2.30. The Labute approximate surface area is 81.2 Å². The van der Waals surface area contributed by atoms with E-state index in [0.29, 0.717) is 0 Å². The SMILES string of the molecule is C=C(C)CCN1CC(O)(CCC)C1. The van der Waals surface area contributed by atoms with E-state index in [2.05, 4.69) is 25.3 Å². The Bertz CT molecular complexity index is 183. The highest BCUT2D eigenvalue weighted by Gasteiger charge is 2.39. The highest BCUT2D eigenvalue weighted by molar-refractivity contribution is 4.97. The first-order chi connectivity index (χ1) is 6.06. The van der Waals surface area contributed by atoms with Gasteiger partial charge in [0.15, 0.2) is 0 Å². The van der Waals surface area contributed by atoms with Gasteiger partial charge in [0.2, 0.25) is 0 Å². The number of aliphatic hydroxyl groups is 1. The van der Waals surface area contributed by atoms with E-state index in [1.54, 1.807) is 0 Å². The third-order valence-corrected chi connectivity index (χ3v) is 2.61. The summed E-state index contributed by atoms with van der Waals surface area (Å²) in [6, 6.07) is 0. The van der Waals surface area contributed by atoms with Crippen LogP contribution in [0.1, 0.15) is 33.1 Å². The highest BCUT2D eigenvalue weighted by atomic mass is 16.3. The lowest BCUT2D eigenvalue weighted by Gasteiger charge is -2.46. The van der Waals surface area contributed by atoms with Crippen LogP contribution in [0.25, 0.3) is 0 Å². The average molecular weight is 183 g/mol. The molecule has 76 valence electrons. The Hall–Kier alpha value is -0.340. The van der Waals surface area contributed by atoms with E-state index < -0.39 is 0 Å². The summed E-state index contributed by atoms with van der Waals surface area (Å²) < 4.78 is 0. The van der Waals surface area contributed by atoms with E-state index in [9.17, 15) is 5.11 Å².